The van der Waals surface area contributed by atoms with E-state index in [1.807, 2.05) is 0 Å². The first-order valence-electron chi connectivity index (χ1n) is 2.50. The van der Waals surface area contributed by atoms with Gasteiger partial charge in [-0.2, -0.15) is 0 Å². The van der Waals surface area contributed by atoms with E-state index in [0.29, 0.717) is 0 Å². The highest BCUT2D eigenvalue weighted by molar-refractivity contribution is 9.06. The van der Waals surface area contributed by atoms with E-state index in [9.17, 15) is 9.59 Å². The van der Waals surface area contributed by atoms with Crippen LogP contribution < -0.4 is 0 Å². The zero-order chi connectivity index (χ0) is 7.56. The van der Waals surface area contributed by atoms with Crippen molar-refractivity contribution in [2.24, 2.45) is 0 Å². The number of carbonyl (C=O) groups is 2. The Kier molecular flexibility index (Phi) is 2.01. The Labute approximate surface area is 65.8 Å². The first-order valence-corrected chi connectivity index (χ1v) is 3.15. The summed E-state index contributed by atoms with van der Waals surface area (Å²) in [6, 6.07) is 0. The molecule has 4 heteroatoms. The first-order chi connectivity index (χ1) is 4.74. The number of hydrogen-bond donors (Lipinski definition) is 0. The van der Waals surface area contributed by atoms with Crippen molar-refractivity contribution in [1.29, 1.82) is 0 Å². The molecular weight excluding hydrogens is 200 g/mol. The van der Waals surface area contributed by atoms with Crippen LogP contribution in [0.15, 0.2) is 24.0 Å². The first kappa shape index (κ1) is 7.21. The van der Waals surface area contributed by atoms with Gasteiger partial charge in [-0.05, 0) is 12.2 Å². The number of allylic oxidation sites excluding steroid dienone is 3. The monoisotopic (exact) mass is 202 g/mol. The van der Waals surface area contributed by atoms with Gasteiger partial charge in [0.15, 0.2) is 27.8 Å². The van der Waals surface area contributed by atoms with Crippen LogP contribution >= 0.6 is 16.3 Å². The number of carbonyl (C=O) groups excluding carboxylic acids is 2. The molecule has 0 unspecified atom stereocenters. The van der Waals surface area contributed by atoms with Crippen LogP contribution in [-0.4, -0.2) is 11.6 Å². The smallest absolute Gasteiger partial charge is 0.222 e. The van der Waals surface area contributed by atoms with Gasteiger partial charge in [0.25, 0.3) is 0 Å². The highest BCUT2D eigenvalue weighted by atomic mass is 79.9. The fraction of sp³-hybridized carbons (Fsp3) is 0. The molecule has 0 aliphatic heterocycles. The molecular formula is C6H3BrO3. The van der Waals surface area contributed by atoms with Crippen LogP contribution in [0.3, 0.4) is 0 Å². The molecule has 0 atom stereocenters. The fourth-order valence-electron chi connectivity index (χ4n) is 0.549. The third-order valence-corrected chi connectivity index (χ3v) is 1.35. The van der Waals surface area contributed by atoms with Crippen LogP contribution in [0.5, 0.6) is 0 Å². The van der Waals surface area contributed by atoms with Crippen LogP contribution in [0.25, 0.3) is 0 Å². The van der Waals surface area contributed by atoms with Crippen molar-refractivity contribution in [2.45, 2.75) is 0 Å². The summed E-state index contributed by atoms with van der Waals surface area (Å²) in [5.74, 6) is -0.530. The summed E-state index contributed by atoms with van der Waals surface area (Å²) < 4.78 is 4.43. The molecule has 52 valence electrons. The average molecular weight is 203 g/mol. The minimum absolute atomic E-state index is 0.0208. The van der Waals surface area contributed by atoms with Gasteiger partial charge < -0.3 is 3.83 Å². The lowest BCUT2D eigenvalue weighted by molar-refractivity contribution is -0.115. The molecule has 0 amide bonds. The quantitative estimate of drug-likeness (QED) is 0.594. The summed E-state index contributed by atoms with van der Waals surface area (Å²) in [5, 5.41) is 0. The van der Waals surface area contributed by atoms with Gasteiger partial charge in [0.05, 0.1) is 0 Å². The zero-order valence-electron chi connectivity index (χ0n) is 4.83. The molecule has 0 aromatic heterocycles. The van der Waals surface area contributed by atoms with Gasteiger partial charge >= 0.3 is 0 Å². The van der Waals surface area contributed by atoms with Crippen LogP contribution in [0.4, 0.5) is 0 Å². The molecule has 0 heterocycles. The minimum atomic E-state index is -0.309. The molecule has 0 fully saturated rings. The lowest BCUT2D eigenvalue weighted by Gasteiger charge is -2.00. The van der Waals surface area contributed by atoms with Gasteiger partial charge in [-0.15, -0.1) is 0 Å². The lowest BCUT2D eigenvalue weighted by Crippen LogP contribution is -2.06. The summed E-state index contributed by atoms with van der Waals surface area (Å²) in [4.78, 5) is 21.3. The van der Waals surface area contributed by atoms with Crippen LogP contribution in [0, 0.1) is 0 Å². The number of hydrogen-bond acceptors (Lipinski definition) is 3. The molecule has 1 aliphatic rings. The van der Waals surface area contributed by atoms with E-state index in [1.165, 1.54) is 12.2 Å². The molecule has 0 aromatic rings. The molecule has 10 heavy (non-hydrogen) atoms. The van der Waals surface area contributed by atoms with Crippen molar-refractivity contribution in [2.75, 3.05) is 0 Å². The van der Waals surface area contributed by atoms with Gasteiger partial charge in [0.2, 0.25) is 5.78 Å². The molecule has 0 saturated heterocycles. The second-order valence-corrected chi connectivity index (χ2v) is 2.01. The van der Waals surface area contributed by atoms with Crippen molar-refractivity contribution in [3.05, 3.63) is 24.0 Å². The zero-order valence-corrected chi connectivity index (χ0v) is 6.42. The van der Waals surface area contributed by atoms with Gasteiger partial charge in [-0.3, -0.25) is 9.59 Å². The molecule has 0 radical (unpaired) electrons. The molecule has 0 aromatic carbocycles. The van der Waals surface area contributed by atoms with E-state index in [1.54, 1.807) is 0 Å². The predicted octanol–water partition coefficient (Wildman–Crippen LogP) is 0.905. The van der Waals surface area contributed by atoms with E-state index in [0.717, 1.165) is 6.08 Å². The summed E-state index contributed by atoms with van der Waals surface area (Å²) in [7, 11) is 0. The lowest BCUT2D eigenvalue weighted by atomic mass is 10.1. The Bertz CT molecular complexity index is 239. The van der Waals surface area contributed by atoms with E-state index in [-0.39, 0.29) is 17.3 Å². The predicted molar refractivity (Wildman–Crippen MR) is 37.2 cm³/mol. The van der Waals surface area contributed by atoms with Crippen LogP contribution in [-0.2, 0) is 13.4 Å². The maximum Gasteiger partial charge on any atom is 0.222 e. The summed E-state index contributed by atoms with van der Waals surface area (Å²) in [6.07, 6.45) is 3.48. The van der Waals surface area contributed by atoms with Gasteiger partial charge in [-0.1, -0.05) is 0 Å². The van der Waals surface area contributed by atoms with Gasteiger partial charge in [0, 0.05) is 6.08 Å². The Morgan fingerprint density at radius 3 is 2.50 bits per heavy atom. The SMILES string of the molecule is O=C1C=CC(=O)C(OBr)=C1. The number of rotatable bonds is 1. The molecule has 0 bridgehead atoms. The molecule has 0 saturated carbocycles. The van der Waals surface area contributed by atoms with Crippen molar-refractivity contribution in [3.63, 3.8) is 0 Å². The number of ketones is 2. The Balaban J connectivity index is 2.89. The van der Waals surface area contributed by atoms with E-state index in [2.05, 4.69) is 20.1 Å². The normalized spacial score (nSPS) is 17.1. The minimum Gasteiger partial charge on any atom is -0.414 e. The Morgan fingerprint density at radius 2 is 2.00 bits per heavy atom. The molecule has 1 rings (SSSR count). The average Bonchev–Trinajstić information content (AvgIpc) is 1.94. The topological polar surface area (TPSA) is 43.4 Å². The standard InChI is InChI=1S/C6H3BrO3/c7-10-6-3-4(8)1-2-5(6)9/h1-3H. The summed E-state index contributed by atoms with van der Waals surface area (Å²) in [5.41, 5.74) is 0. The van der Waals surface area contributed by atoms with E-state index in [4.69, 9.17) is 0 Å². The summed E-state index contributed by atoms with van der Waals surface area (Å²) in [6.45, 7) is 0. The van der Waals surface area contributed by atoms with Crippen molar-refractivity contribution < 1.29 is 13.4 Å². The second-order valence-electron chi connectivity index (χ2n) is 1.69. The third kappa shape index (κ3) is 1.33. The molecule has 1 aliphatic carbocycles. The summed E-state index contributed by atoms with van der Waals surface area (Å²) >= 11 is 2.60. The highest BCUT2D eigenvalue weighted by Crippen LogP contribution is 2.09. The molecule has 0 N–H and O–H groups in total. The van der Waals surface area contributed by atoms with E-state index < -0.39 is 0 Å². The molecule has 0 spiro atoms. The Morgan fingerprint density at radius 1 is 1.30 bits per heavy atom. The van der Waals surface area contributed by atoms with Crippen molar-refractivity contribution in [3.8, 4) is 0 Å². The van der Waals surface area contributed by atoms with Gasteiger partial charge in [-0.25, -0.2) is 0 Å². The highest BCUT2D eigenvalue weighted by Gasteiger charge is 2.13. The van der Waals surface area contributed by atoms with E-state index >= 15 is 0 Å². The van der Waals surface area contributed by atoms with Gasteiger partial charge in [0.1, 0.15) is 0 Å². The second kappa shape index (κ2) is 2.79. The largest absolute Gasteiger partial charge is 0.414 e. The van der Waals surface area contributed by atoms with Crippen LogP contribution in [0.1, 0.15) is 0 Å². The van der Waals surface area contributed by atoms with Crippen molar-refractivity contribution in [1.82, 2.24) is 0 Å². The van der Waals surface area contributed by atoms with Crippen molar-refractivity contribution >= 4 is 27.8 Å². The maximum atomic E-state index is 10.7. The fourth-order valence-corrected chi connectivity index (χ4v) is 0.802. The third-order valence-electron chi connectivity index (χ3n) is 0.998. The molecule has 3 nitrogen and oxygen atoms in total. The number of halogens is 1. The Hall–Kier alpha value is -0.900. The van der Waals surface area contributed by atoms with Crippen LogP contribution in [0.2, 0.25) is 0 Å². The maximum absolute atomic E-state index is 10.7.